The predicted molar refractivity (Wildman–Crippen MR) is 67.5 cm³/mol. The molecule has 0 saturated carbocycles. The molecule has 2 heterocycles. The average Bonchev–Trinajstić information content (AvgIpc) is 2.81. The molecule has 5 nitrogen and oxygen atoms in total. The first-order chi connectivity index (χ1) is 8.78. The monoisotopic (exact) mass is 252 g/mol. The molecule has 100 valence electrons. The first-order valence-corrected chi connectivity index (χ1v) is 6.13. The van der Waals surface area contributed by atoms with Gasteiger partial charge in [0.05, 0.1) is 19.8 Å². The van der Waals surface area contributed by atoms with Crippen LogP contribution in [0, 0.1) is 0 Å². The minimum absolute atomic E-state index is 0.153. The number of aliphatic hydroxyl groups is 1. The normalized spacial score (nSPS) is 24.4. The van der Waals surface area contributed by atoms with E-state index in [4.69, 9.17) is 9.47 Å². The third-order valence-electron chi connectivity index (χ3n) is 3.49. The molecule has 1 aliphatic rings. The average molecular weight is 252 g/mol. The van der Waals surface area contributed by atoms with Crippen LogP contribution in [-0.4, -0.2) is 54.5 Å². The van der Waals surface area contributed by atoms with E-state index in [1.54, 1.807) is 20.4 Å². The molecule has 0 aromatic carbocycles. The van der Waals surface area contributed by atoms with Gasteiger partial charge in [0.15, 0.2) is 0 Å². The van der Waals surface area contributed by atoms with Crippen molar-refractivity contribution in [1.29, 1.82) is 0 Å². The van der Waals surface area contributed by atoms with Crippen LogP contribution >= 0.6 is 0 Å². The lowest BCUT2D eigenvalue weighted by atomic mass is 10.2. The van der Waals surface area contributed by atoms with Crippen molar-refractivity contribution in [2.24, 2.45) is 0 Å². The zero-order valence-electron chi connectivity index (χ0n) is 10.9. The van der Waals surface area contributed by atoms with Crippen molar-refractivity contribution in [2.75, 3.05) is 27.4 Å². The van der Waals surface area contributed by atoms with Gasteiger partial charge >= 0.3 is 0 Å². The zero-order chi connectivity index (χ0) is 13.0. The standard InChI is InChI=1S/C13H20N2O3/c1-17-12-5-11(9-16)15(8-12)7-10-6-14-4-3-13(10)18-2/h3-4,6,11-12,16H,5,7-9H2,1-2H3/t11-,12+/m0/s1. The molecule has 0 aliphatic carbocycles. The lowest BCUT2D eigenvalue weighted by molar-refractivity contribution is 0.107. The van der Waals surface area contributed by atoms with Gasteiger partial charge < -0.3 is 14.6 Å². The van der Waals surface area contributed by atoms with Crippen LogP contribution < -0.4 is 4.74 Å². The minimum atomic E-state index is 0.153. The van der Waals surface area contributed by atoms with E-state index in [0.29, 0.717) is 0 Å². The molecule has 1 N–H and O–H groups in total. The summed E-state index contributed by atoms with van der Waals surface area (Å²) in [6, 6.07) is 2.01. The molecule has 2 rings (SSSR count). The molecule has 1 aromatic heterocycles. The van der Waals surface area contributed by atoms with E-state index in [9.17, 15) is 5.11 Å². The number of ether oxygens (including phenoxy) is 2. The second-order valence-corrected chi connectivity index (χ2v) is 4.55. The summed E-state index contributed by atoms with van der Waals surface area (Å²) in [6.07, 6.45) is 4.60. The van der Waals surface area contributed by atoms with Crippen molar-refractivity contribution in [3.05, 3.63) is 24.0 Å². The van der Waals surface area contributed by atoms with Gasteiger partial charge in [0.25, 0.3) is 0 Å². The Bertz CT molecular complexity index is 386. The van der Waals surface area contributed by atoms with Crippen molar-refractivity contribution in [1.82, 2.24) is 9.88 Å². The molecule has 1 fully saturated rings. The van der Waals surface area contributed by atoms with Crippen LogP contribution in [-0.2, 0) is 11.3 Å². The quantitative estimate of drug-likeness (QED) is 0.835. The molecule has 1 aliphatic heterocycles. The number of pyridine rings is 1. The van der Waals surface area contributed by atoms with Gasteiger partial charge in [0.1, 0.15) is 5.75 Å². The number of hydrogen-bond acceptors (Lipinski definition) is 5. The van der Waals surface area contributed by atoms with E-state index >= 15 is 0 Å². The maximum absolute atomic E-state index is 9.41. The zero-order valence-corrected chi connectivity index (χ0v) is 10.9. The minimum Gasteiger partial charge on any atom is -0.496 e. The number of nitrogens with zero attached hydrogens (tertiary/aromatic N) is 2. The highest BCUT2D eigenvalue weighted by Gasteiger charge is 2.31. The molecule has 0 amide bonds. The molecule has 2 atom stereocenters. The van der Waals surface area contributed by atoms with Crippen LogP contribution in [0.1, 0.15) is 12.0 Å². The van der Waals surface area contributed by atoms with E-state index in [-0.39, 0.29) is 18.8 Å². The molecule has 0 spiro atoms. The van der Waals surface area contributed by atoms with Gasteiger partial charge in [-0.2, -0.15) is 0 Å². The summed E-state index contributed by atoms with van der Waals surface area (Å²) >= 11 is 0. The van der Waals surface area contributed by atoms with Crippen molar-refractivity contribution in [2.45, 2.75) is 25.1 Å². The Labute approximate surface area is 107 Å². The van der Waals surface area contributed by atoms with Crippen molar-refractivity contribution >= 4 is 0 Å². The van der Waals surface area contributed by atoms with Crippen LogP contribution in [0.3, 0.4) is 0 Å². The lowest BCUT2D eigenvalue weighted by Gasteiger charge is -2.23. The second kappa shape index (κ2) is 6.13. The molecule has 0 radical (unpaired) electrons. The summed E-state index contributed by atoms with van der Waals surface area (Å²) in [5.41, 5.74) is 1.04. The topological polar surface area (TPSA) is 54.8 Å². The largest absolute Gasteiger partial charge is 0.496 e. The van der Waals surface area contributed by atoms with Crippen molar-refractivity contribution in [3.63, 3.8) is 0 Å². The Morgan fingerprint density at radius 3 is 3.00 bits per heavy atom. The van der Waals surface area contributed by atoms with E-state index in [1.165, 1.54) is 0 Å². The maximum Gasteiger partial charge on any atom is 0.126 e. The number of aliphatic hydroxyl groups excluding tert-OH is 1. The number of hydrogen-bond donors (Lipinski definition) is 1. The van der Waals surface area contributed by atoms with Crippen LogP contribution in [0.4, 0.5) is 0 Å². The van der Waals surface area contributed by atoms with Gasteiger partial charge in [-0.1, -0.05) is 0 Å². The molecule has 0 bridgehead atoms. The first kappa shape index (κ1) is 13.3. The molecule has 5 heteroatoms. The lowest BCUT2D eigenvalue weighted by Crippen LogP contribution is -2.32. The smallest absolute Gasteiger partial charge is 0.126 e. The molecule has 0 unspecified atom stereocenters. The summed E-state index contributed by atoms with van der Waals surface area (Å²) in [6.45, 7) is 1.71. The number of likely N-dealkylation sites (tertiary alicyclic amines) is 1. The molecule has 1 saturated heterocycles. The number of rotatable bonds is 5. The highest BCUT2D eigenvalue weighted by molar-refractivity contribution is 5.30. The first-order valence-electron chi connectivity index (χ1n) is 6.13. The molecule has 18 heavy (non-hydrogen) atoms. The highest BCUT2D eigenvalue weighted by atomic mass is 16.5. The maximum atomic E-state index is 9.41. The number of methoxy groups -OCH3 is 2. The number of aromatic nitrogens is 1. The summed E-state index contributed by atoms with van der Waals surface area (Å²) in [7, 11) is 3.37. The molecular formula is C13H20N2O3. The second-order valence-electron chi connectivity index (χ2n) is 4.55. The fourth-order valence-corrected chi connectivity index (χ4v) is 2.44. The van der Waals surface area contributed by atoms with Crippen LogP contribution in [0.5, 0.6) is 5.75 Å². The fraction of sp³-hybridized carbons (Fsp3) is 0.615. The van der Waals surface area contributed by atoms with Gasteiger partial charge in [-0.3, -0.25) is 9.88 Å². The van der Waals surface area contributed by atoms with E-state index in [2.05, 4.69) is 9.88 Å². The Morgan fingerprint density at radius 1 is 1.50 bits per heavy atom. The molecular weight excluding hydrogens is 232 g/mol. The van der Waals surface area contributed by atoms with Crippen molar-refractivity contribution < 1.29 is 14.6 Å². The van der Waals surface area contributed by atoms with E-state index < -0.39 is 0 Å². The third-order valence-corrected chi connectivity index (χ3v) is 3.49. The summed E-state index contributed by atoms with van der Waals surface area (Å²) in [5, 5.41) is 9.41. The van der Waals surface area contributed by atoms with Crippen molar-refractivity contribution in [3.8, 4) is 5.75 Å². The van der Waals surface area contributed by atoms with Crippen LogP contribution in [0.15, 0.2) is 18.5 Å². The van der Waals surface area contributed by atoms with E-state index in [0.717, 1.165) is 30.8 Å². The highest BCUT2D eigenvalue weighted by Crippen LogP contribution is 2.25. The van der Waals surface area contributed by atoms with Gasteiger partial charge in [-0.25, -0.2) is 0 Å². The van der Waals surface area contributed by atoms with Gasteiger partial charge in [-0.05, 0) is 12.5 Å². The van der Waals surface area contributed by atoms with Crippen LogP contribution in [0.25, 0.3) is 0 Å². The van der Waals surface area contributed by atoms with Gasteiger partial charge in [-0.15, -0.1) is 0 Å². The van der Waals surface area contributed by atoms with Gasteiger partial charge in [0.2, 0.25) is 0 Å². The Hall–Kier alpha value is -1.17. The predicted octanol–water partition coefficient (Wildman–Crippen LogP) is 0.672. The Kier molecular flexibility index (Phi) is 4.52. The van der Waals surface area contributed by atoms with E-state index in [1.807, 2.05) is 12.3 Å². The Morgan fingerprint density at radius 2 is 2.33 bits per heavy atom. The Balaban J connectivity index is 2.08. The SMILES string of the molecule is COc1ccncc1CN1C[C@H](OC)C[C@H]1CO. The molecule has 1 aromatic rings. The summed E-state index contributed by atoms with van der Waals surface area (Å²) in [4.78, 5) is 6.34. The third kappa shape index (κ3) is 2.80. The summed E-state index contributed by atoms with van der Waals surface area (Å²) in [5.74, 6) is 0.836. The fourth-order valence-electron chi connectivity index (χ4n) is 2.44. The van der Waals surface area contributed by atoms with Crippen LogP contribution in [0.2, 0.25) is 0 Å². The van der Waals surface area contributed by atoms with Gasteiger partial charge in [0, 0.05) is 44.2 Å². The summed E-state index contributed by atoms with van der Waals surface area (Å²) < 4.78 is 10.7.